The molecule has 2 heterocycles. The van der Waals surface area contributed by atoms with Gasteiger partial charge in [-0.25, -0.2) is 9.97 Å². The Bertz CT molecular complexity index is 923. The van der Waals surface area contributed by atoms with E-state index in [1.54, 1.807) is 6.20 Å². The molecule has 5 nitrogen and oxygen atoms in total. The maximum atomic E-state index is 12.7. The van der Waals surface area contributed by atoms with Crippen LogP contribution in [0.4, 0.5) is 5.95 Å². The van der Waals surface area contributed by atoms with Crippen molar-refractivity contribution in [3.63, 3.8) is 0 Å². The molecule has 0 bridgehead atoms. The Morgan fingerprint density at radius 2 is 1.77 bits per heavy atom. The zero-order chi connectivity index (χ0) is 17.9. The number of aromatic nitrogens is 2. The monoisotopic (exact) mass is 344 g/mol. The first-order valence-corrected chi connectivity index (χ1v) is 8.71. The van der Waals surface area contributed by atoms with Crippen LogP contribution in [0, 0.1) is 0 Å². The maximum Gasteiger partial charge on any atom is 0.227 e. The van der Waals surface area contributed by atoms with Crippen molar-refractivity contribution >= 4 is 11.9 Å². The third-order valence-electron chi connectivity index (χ3n) is 4.73. The van der Waals surface area contributed by atoms with Gasteiger partial charge in [0, 0.05) is 12.7 Å². The minimum atomic E-state index is 0.111. The van der Waals surface area contributed by atoms with E-state index in [2.05, 4.69) is 34.2 Å². The van der Waals surface area contributed by atoms with Gasteiger partial charge in [0.25, 0.3) is 0 Å². The first-order chi connectivity index (χ1) is 12.7. The lowest BCUT2D eigenvalue weighted by Crippen LogP contribution is -2.37. The lowest BCUT2D eigenvalue weighted by Gasteiger charge is -2.28. The third kappa shape index (κ3) is 3.42. The molecule has 1 amide bonds. The summed E-state index contributed by atoms with van der Waals surface area (Å²) < 4.78 is 0. The lowest BCUT2D eigenvalue weighted by molar-refractivity contribution is -0.131. The molecular weight excluding hydrogens is 324 g/mol. The summed E-state index contributed by atoms with van der Waals surface area (Å²) in [4.78, 5) is 22.8. The van der Waals surface area contributed by atoms with Crippen LogP contribution in [0.15, 0.2) is 60.8 Å². The SMILES string of the molecule is Nc1ncc2c(n1)CN(C(=O)Cc1ccc(-c3ccccc3)cc1)CC2. The highest BCUT2D eigenvalue weighted by Crippen LogP contribution is 2.21. The largest absolute Gasteiger partial charge is 0.368 e. The van der Waals surface area contributed by atoms with Crippen molar-refractivity contribution in [2.24, 2.45) is 0 Å². The molecule has 1 aromatic heterocycles. The Morgan fingerprint density at radius 1 is 1.04 bits per heavy atom. The smallest absolute Gasteiger partial charge is 0.227 e. The fraction of sp³-hybridized carbons (Fsp3) is 0.190. The molecular formula is C21H20N4O. The second-order valence-corrected chi connectivity index (χ2v) is 6.51. The molecule has 3 aromatic rings. The highest BCUT2D eigenvalue weighted by atomic mass is 16.2. The van der Waals surface area contributed by atoms with Crippen molar-refractivity contribution in [1.82, 2.24) is 14.9 Å². The van der Waals surface area contributed by atoms with E-state index >= 15 is 0 Å². The number of nitrogens with zero attached hydrogens (tertiary/aromatic N) is 3. The number of rotatable bonds is 3. The zero-order valence-corrected chi connectivity index (χ0v) is 14.4. The van der Waals surface area contributed by atoms with Gasteiger partial charge in [0.15, 0.2) is 0 Å². The maximum absolute atomic E-state index is 12.7. The van der Waals surface area contributed by atoms with Gasteiger partial charge in [-0.3, -0.25) is 4.79 Å². The summed E-state index contributed by atoms with van der Waals surface area (Å²) in [6, 6.07) is 18.4. The minimum absolute atomic E-state index is 0.111. The Morgan fingerprint density at radius 3 is 2.54 bits per heavy atom. The summed E-state index contributed by atoms with van der Waals surface area (Å²) in [5, 5.41) is 0. The van der Waals surface area contributed by atoms with Crippen molar-refractivity contribution in [3.8, 4) is 11.1 Å². The molecule has 0 unspecified atom stereocenters. The fourth-order valence-electron chi connectivity index (χ4n) is 3.26. The Balaban J connectivity index is 1.44. The molecule has 4 rings (SSSR count). The molecule has 1 aliphatic rings. The number of amides is 1. The Hall–Kier alpha value is -3.21. The van der Waals surface area contributed by atoms with Crippen LogP contribution in [0.5, 0.6) is 0 Å². The van der Waals surface area contributed by atoms with Gasteiger partial charge < -0.3 is 10.6 Å². The standard InChI is InChI=1S/C21H20N4O/c22-21-23-13-18-10-11-25(14-19(18)24-21)20(26)12-15-6-8-17(9-7-15)16-4-2-1-3-5-16/h1-9,13H,10-12,14H2,(H2,22,23,24). The van der Waals surface area contributed by atoms with Crippen molar-refractivity contribution in [2.75, 3.05) is 12.3 Å². The predicted molar refractivity (Wildman–Crippen MR) is 101 cm³/mol. The minimum Gasteiger partial charge on any atom is -0.368 e. The summed E-state index contributed by atoms with van der Waals surface area (Å²) in [7, 11) is 0. The lowest BCUT2D eigenvalue weighted by atomic mass is 10.0. The first-order valence-electron chi connectivity index (χ1n) is 8.71. The quantitative estimate of drug-likeness (QED) is 0.793. The average molecular weight is 344 g/mol. The summed E-state index contributed by atoms with van der Waals surface area (Å²) >= 11 is 0. The van der Waals surface area contributed by atoms with Crippen LogP contribution in [-0.4, -0.2) is 27.3 Å². The third-order valence-corrected chi connectivity index (χ3v) is 4.73. The van der Waals surface area contributed by atoms with Gasteiger partial charge in [-0.05, 0) is 28.7 Å². The number of anilines is 1. The van der Waals surface area contributed by atoms with Crippen LogP contribution in [-0.2, 0) is 24.2 Å². The van der Waals surface area contributed by atoms with Crippen LogP contribution < -0.4 is 5.73 Å². The normalized spacial score (nSPS) is 13.3. The van der Waals surface area contributed by atoms with Gasteiger partial charge in [0.2, 0.25) is 11.9 Å². The summed E-state index contributed by atoms with van der Waals surface area (Å²) in [5.74, 6) is 0.370. The van der Waals surface area contributed by atoms with Gasteiger partial charge in [-0.1, -0.05) is 54.6 Å². The summed E-state index contributed by atoms with van der Waals surface area (Å²) in [6.07, 6.45) is 2.93. The molecule has 0 aliphatic carbocycles. The summed E-state index contributed by atoms with van der Waals surface area (Å²) in [5.41, 5.74) is 10.9. The zero-order valence-electron chi connectivity index (χ0n) is 14.4. The second kappa shape index (κ2) is 6.96. The van der Waals surface area contributed by atoms with Crippen molar-refractivity contribution < 1.29 is 4.79 Å². The van der Waals surface area contributed by atoms with E-state index < -0.39 is 0 Å². The molecule has 1 aliphatic heterocycles. The van der Waals surface area contributed by atoms with Gasteiger partial charge in [-0.2, -0.15) is 0 Å². The number of carbonyl (C=O) groups is 1. The fourth-order valence-corrected chi connectivity index (χ4v) is 3.26. The summed E-state index contributed by atoms with van der Waals surface area (Å²) in [6.45, 7) is 1.20. The van der Waals surface area contributed by atoms with Crippen LogP contribution in [0.2, 0.25) is 0 Å². The van der Waals surface area contributed by atoms with Crippen LogP contribution in [0.1, 0.15) is 16.8 Å². The highest BCUT2D eigenvalue weighted by Gasteiger charge is 2.22. The van der Waals surface area contributed by atoms with Crippen LogP contribution >= 0.6 is 0 Å². The number of fused-ring (bicyclic) bond motifs is 1. The van der Waals surface area contributed by atoms with E-state index in [9.17, 15) is 4.79 Å². The molecule has 26 heavy (non-hydrogen) atoms. The van der Waals surface area contributed by atoms with Crippen LogP contribution in [0.25, 0.3) is 11.1 Å². The van der Waals surface area contributed by atoms with E-state index in [-0.39, 0.29) is 11.9 Å². The van der Waals surface area contributed by atoms with Crippen molar-refractivity contribution in [2.45, 2.75) is 19.4 Å². The topological polar surface area (TPSA) is 72.1 Å². The molecule has 130 valence electrons. The molecule has 0 saturated carbocycles. The van der Waals surface area contributed by atoms with Gasteiger partial charge in [-0.15, -0.1) is 0 Å². The predicted octanol–water partition coefficient (Wildman–Crippen LogP) is 2.85. The molecule has 0 saturated heterocycles. The van der Waals surface area contributed by atoms with E-state index in [1.807, 2.05) is 35.2 Å². The molecule has 0 radical (unpaired) electrons. The number of carbonyl (C=O) groups excluding carboxylic acids is 1. The van der Waals surface area contributed by atoms with Gasteiger partial charge in [0.1, 0.15) is 0 Å². The number of nitrogen functional groups attached to an aromatic ring is 1. The molecule has 0 atom stereocenters. The Labute approximate surface area is 152 Å². The first kappa shape index (κ1) is 16.3. The number of benzene rings is 2. The number of hydrogen-bond acceptors (Lipinski definition) is 4. The molecule has 0 fully saturated rings. The van der Waals surface area contributed by atoms with E-state index in [1.165, 1.54) is 5.56 Å². The highest BCUT2D eigenvalue weighted by molar-refractivity contribution is 5.79. The van der Waals surface area contributed by atoms with Crippen molar-refractivity contribution in [1.29, 1.82) is 0 Å². The molecule has 2 aromatic carbocycles. The molecule has 5 heteroatoms. The molecule has 2 N–H and O–H groups in total. The van der Waals surface area contributed by atoms with Crippen molar-refractivity contribution in [3.05, 3.63) is 77.6 Å². The number of nitrogens with two attached hydrogens (primary N) is 1. The Kier molecular flexibility index (Phi) is 4.35. The average Bonchev–Trinajstić information content (AvgIpc) is 2.68. The van der Waals surface area contributed by atoms with E-state index in [4.69, 9.17) is 5.73 Å². The van der Waals surface area contributed by atoms with E-state index in [0.29, 0.717) is 19.5 Å². The number of hydrogen-bond donors (Lipinski definition) is 1. The van der Waals surface area contributed by atoms with Crippen LogP contribution in [0.3, 0.4) is 0 Å². The van der Waals surface area contributed by atoms with E-state index in [0.717, 1.165) is 28.8 Å². The molecule has 0 spiro atoms. The van der Waals surface area contributed by atoms with Gasteiger partial charge >= 0.3 is 0 Å². The van der Waals surface area contributed by atoms with Gasteiger partial charge in [0.05, 0.1) is 18.7 Å². The second-order valence-electron chi connectivity index (χ2n) is 6.51.